The molecule has 15 heteroatoms. The van der Waals surface area contributed by atoms with Crippen LogP contribution in [0.3, 0.4) is 0 Å². The van der Waals surface area contributed by atoms with Crippen LogP contribution in [0.2, 0.25) is 0 Å². The molecule has 0 aliphatic carbocycles. The van der Waals surface area contributed by atoms with E-state index in [-0.39, 0.29) is 40.1 Å². The van der Waals surface area contributed by atoms with Crippen molar-refractivity contribution in [3.8, 4) is 0 Å². The molecule has 0 radical (unpaired) electrons. The van der Waals surface area contributed by atoms with Crippen molar-refractivity contribution in [3.05, 3.63) is 22.7 Å². The first-order chi connectivity index (χ1) is 17.3. The molecule has 0 spiro atoms. The summed E-state index contributed by atoms with van der Waals surface area (Å²) in [5.74, 6) is -2.57. The van der Waals surface area contributed by atoms with Crippen LogP contribution >= 0.6 is 11.3 Å². The maximum Gasteiger partial charge on any atom is 0.404 e. The Bertz CT molecular complexity index is 1250. The van der Waals surface area contributed by atoms with Crippen molar-refractivity contribution in [2.45, 2.75) is 59.2 Å². The first-order valence-electron chi connectivity index (χ1n) is 11.7. The zero-order chi connectivity index (χ0) is 27.4. The van der Waals surface area contributed by atoms with Crippen LogP contribution in [0.1, 0.15) is 55.9 Å². The van der Waals surface area contributed by atoms with Crippen LogP contribution in [-0.2, 0) is 21.2 Å². The minimum atomic E-state index is -4.92. The predicted molar refractivity (Wildman–Crippen MR) is 135 cm³/mol. The average Bonchev–Trinajstić information content (AvgIpc) is 3.25. The van der Waals surface area contributed by atoms with Gasteiger partial charge in [-0.2, -0.15) is 13.2 Å². The Morgan fingerprint density at radius 2 is 2.03 bits per heavy atom. The number of aryl methyl sites for hydroxylation is 1. The highest BCUT2D eigenvalue weighted by Gasteiger charge is 2.36. The Kier molecular flexibility index (Phi) is 9.10. The molecule has 10 nitrogen and oxygen atoms in total. The first-order valence-corrected chi connectivity index (χ1v) is 14.2. The van der Waals surface area contributed by atoms with Gasteiger partial charge in [0.2, 0.25) is 15.0 Å². The third-order valence-electron chi connectivity index (χ3n) is 5.33. The van der Waals surface area contributed by atoms with Crippen molar-refractivity contribution >= 4 is 49.5 Å². The monoisotopic (exact) mass is 562 g/mol. The normalized spacial score (nSPS) is 16.3. The fourth-order valence-corrected chi connectivity index (χ4v) is 5.31. The summed E-state index contributed by atoms with van der Waals surface area (Å²) in [6.07, 6.45) is -2.56. The van der Waals surface area contributed by atoms with E-state index in [1.807, 2.05) is 32.4 Å². The molecule has 1 aromatic carbocycles. The Morgan fingerprint density at radius 1 is 1.30 bits per heavy atom. The number of aromatic nitrogens is 2. The van der Waals surface area contributed by atoms with Crippen molar-refractivity contribution in [1.82, 2.24) is 10.2 Å². The number of nitrogens with one attached hydrogen (secondary N) is 1. The van der Waals surface area contributed by atoms with Crippen molar-refractivity contribution in [2.24, 2.45) is 16.1 Å². The third kappa shape index (κ3) is 8.09. The number of benzene rings is 1. The molecule has 0 fully saturated rings. The molecule has 1 atom stereocenters. The second-order valence-corrected chi connectivity index (χ2v) is 11.8. The van der Waals surface area contributed by atoms with Gasteiger partial charge in [0.1, 0.15) is 5.69 Å². The minimum absolute atomic E-state index is 0.000418. The van der Waals surface area contributed by atoms with E-state index >= 15 is 0 Å². The van der Waals surface area contributed by atoms with Gasteiger partial charge in [0, 0.05) is 18.3 Å². The lowest BCUT2D eigenvalue weighted by molar-refractivity contribution is -0.106. The molecular formula is C22H29F3N6O4S2. The van der Waals surface area contributed by atoms with E-state index in [1.165, 1.54) is 6.07 Å². The number of azo groups is 1. The third-order valence-corrected chi connectivity index (χ3v) is 7.36. The number of hydrogen-bond acceptors (Lipinski definition) is 10. The van der Waals surface area contributed by atoms with Gasteiger partial charge in [0.25, 0.3) is 5.13 Å². The van der Waals surface area contributed by atoms with E-state index in [0.29, 0.717) is 13.0 Å². The molecule has 1 aliphatic rings. The Morgan fingerprint density at radius 3 is 2.68 bits per heavy atom. The number of ether oxygens (including phenoxy) is 1. The molecule has 37 heavy (non-hydrogen) atoms. The fraction of sp³-hybridized carbons (Fsp3) is 0.591. The van der Waals surface area contributed by atoms with E-state index in [9.17, 15) is 26.4 Å². The fourth-order valence-electron chi connectivity index (χ4n) is 3.75. The number of hydrogen-bond donors (Lipinski definition) is 1. The van der Waals surface area contributed by atoms with Crippen LogP contribution in [0, 0.1) is 5.92 Å². The lowest BCUT2D eigenvalue weighted by Crippen LogP contribution is -2.38. The topological polar surface area (TPSA) is 126 Å². The van der Waals surface area contributed by atoms with Crippen LogP contribution in [0.15, 0.2) is 22.4 Å². The van der Waals surface area contributed by atoms with Gasteiger partial charge in [-0.3, -0.25) is 4.72 Å². The summed E-state index contributed by atoms with van der Waals surface area (Å²) in [5, 5.41) is 15.5. The number of halogens is 3. The summed E-state index contributed by atoms with van der Waals surface area (Å²) in [4.78, 5) is 14.2. The predicted octanol–water partition coefficient (Wildman–Crippen LogP) is 5.62. The summed E-state index contributed by atoms with van der Waals surface area (Å²) in [7, 11) is -4.77. The Balaban J connectivity index is 1.96. The highest BCUT2D eigenvalue weighted by atomic mass is 32.2. The smallest absolute Gasteiger partial charge is 0.404 e. The average molecular weight is 563 g/mol. The standard InChI is InChI=1S/C22H29F3N6O4S2/c1-5-8-31-14(4)6-7-15-9-16(17(10-18(15)31)30-37(33,34)12-22(23,24)25)26-28-21-29-27-19(36-21)20(32)35-11-13(2)3/h9-10,13-14,30H,5-8,11-12H2,1-4H3. The summed E-state index contributed by atoms with van der Waals surface area (Å²) in [5.41, 5.74) is 1.49. The van der Waals surface area contributed by atoms with Crippen LogP contribution in [0.5, 0.6) is 0 Å². The molecule has 204 valence electrons. The molecule has 0 bridgehead atoms. The van der Waals surface area contributed by atoms with E-state index in [2.05, 4.69) is 25.3 Å². The molecule has 3 rings (SSSR count). The van der Waals surface area contributed by atoms with E-state index < -0.39 is 27.9 Å². The second-order valence-electron chi connectivity index (χ2n) is 9.14. The molecule has 2 heterocycles. The van der Waals surface area contributed by atoms with Gasteiger partial charge < -0.3 is 9.64 Å². The maximum absolute atomic E-state index is 12.9. The number of anilines is 2. The number of carbonyl (C=O) groups excluding carboxylic acids is 1. The number of esters is 1. The SMILES string of the molecule is CCCN1c2cc(NS(=O)(=O)CC(F)(F)F)c(N=Nc3nnc(C(=O)OCC(C)C)s3)cc2CCC1C. The minimum Gasteiger partial charge on any atom is -0.460 e. The summed E-state index contributed by atoms with van der Waals surface area (Å²) < 4.78 is 70.3. The molecule has 1 aliphatic heterocycles. The zero-order valence-electron chi connectivity index (χ0n) is 20.9. The van der Waals surface area contributed by atoms with Gasteiger partial charge in [0.15, 0.2) is 5.75 Å². The highest BCUT2D eigenvalue weighted by molar-refractivity contribution is 7.92. The van der Waals surface area contributed by atoms with Gasteiger partial charge in [-0.1, -0.05) is 32.1 Å². The van der Waals surface area contributed by atoms with Gasteiger partial charge in [-0.05, 0) is 49.8 Å². The molecule has 1 aromatic heterocycles. The highest BCUT2D eigenvalue weighted by Crippen LogP contribution is 2.40. The quantitative estimate of drug-likeness (QED) is 0.294. The first kappa shape index (κ1) is 28.8. The number of nitrogens with zero attached hydrogens (tertiary/aromatic N) is 5. The van der Waals surface area contributed by atoms with Crippen molar-refractivity contribution in [2.75, 3.05) is 28.5 Å². The lowest BCUT2D eigenvalue weighted by atomic mass is 9.95. The number of carbonyl (C=O) groups is 1. The van der Waals surface area contributed by atoms with Crippen LogP contribution < -0.4 is 9.62 Å². The molecule has 0 amide bonds. The van der Waals surface area contributed by atoms with Gasteiger partial charge in [-0.15, -0.1) is 20.4 Å². The molecule has 0 saturated heterocycles. The number of rotatable bonds is 10. The van der Waals surface area contributed by atoms with Gasteiger partial charge >= 0.3 is 12.1 Å². The molecule has 0 saturated carbocycles. The molecule has 1 N–H and O–H groups in total. The van der Waals surface area contributed by atoms with Crippen molar-refractivity contribution in [3.63, 3.8) is 0 Å². The van der Waals surface area contributed by atoms with E-state index in [0.717, 1.165) is 35.4 Å². The lowest BCUT2D eigenvalue weighted by Gasteiger charge is -2.37. The van der Waals surface area contributed by atoms with Gasteiger partial charge in [0.05, 0.1) is 12.3 Å². The van der Waals surface area contributed by atoms with Crippen LogP contribution in [0.25, 0.3) is 0 Å². The summed E-state index contributed by atoms with van der Waals surface area (Å²) >= 11 is 0.822. The zero-order valence-corrected chi connectivity index (χ0v) is 22.5. The van der Waals surface area contributed by atoms with Crippen molar-refractivity contribution in [1.29, 1.82) is 0 Å². The summed E-state index contributed by atoms with van der Waals surface area (Å²) in [6.45, 7) is 8.72. The number of sulfonamides is 1. The van der Waals surface area contributed by atoms with Crippen molar-refractivity contribution < 1.29 is 31.1 Å². The number of fused-ring (bicyclic) bond motifs is 1. The molecular weight excluding hydrogens is 533 g/mol. The van der Waals surface area contributed by atoms with Crippen LogP contribution in [-0.4, -0.2) is 55.7 Å². The molecule has 1 unspecified atom stereocenters. The Labute approximate surface area is 217 Å². The van der Waals surface area contributed by atoms with E-state index in [1.54, 1.807) is 6.07 Å². The van der Waals surface area contributed by atoms with Gasteiger partial charge in [-0.25, -0.2) is 13.2 Å². The maximum atomic E-state index is 12.9. The second kappa shape index (κ2) is 11.7. The summed E-state index contributed by atoms with van der Waals surface area (Å²) in [6, 6.07) is 3.28. The van der Waals surface area contributed by atoms with E-state index in [4.69, 9.17) is 4.74 Å². The molecule has 2 aromatic rings. The largest absolute Gasteiger partial charge is 0.460 e. The number of alkyl halides is 3. The van der Waals surface area contributed by atoms with Crippen LogP contribution in [0.4, 0.5) is 35.4 Å². The Hall–Kier alpha value is -2.81.